The first-order valence-corrected chi connectivity index (χ1v) is 10.4. The first kappa shape index (κ1) is 20.6. The van der Waals surface area contributed by atoms with Crippen LogP contribution in [-0.2, 0) is 17.8 Å². The van der Waals surface area contributed by atoms with E-state index in [4.69, 9.17) is 0 Å². The van der Waals surface area contributed by atoms with Crippen molar-refractivity contribution >= 4 is 11.6 Å². The molecule has 2 aromatic rings. The van der Waals surface area contributed by atoms with E-state index >= 15 is 0 Å². The lowest BCUT2D eigenvalue weighted by Crippen LogP contribution is -2.46. The van der Waals surface area contributed by atoms with Crippen molar-refractivity contribution in [2.24, 2.45) is 0 Å². The molecule has 2 aromatic carbocycles. The van der Waals surface area contributed by atoms with Gasteiger partial charge in [-0.1, -0.05) is 42.5 Å². The summed E-state index contributed by atoms with van der Waals surface area (Å²) in [7, 11) is 2.24. The highest BCUT2D eigenvalue weighted by Crippen LogP contribution is 2.18. The maximum atomic E-state index is 11.1. The van der Waals surface area contributed by atoms with Crippen LogP contribution in [0.4, 0.5) is 5.69 Å². The van der Waals surface area contributed by atoms with E-state index in [1.54, 1.807) is 0 Å². The van der Waals surface area contributed by atoms with Gasteiger partial charge in [-0.3, -0.25) is 9.69 Å². The van der Waals surface area contributed by atoms with Gasteiger partial charge in [0.15, 0.2) is 0 Å². The Bertz CT molecular complexity index is 729. The molecular formula is C24H33N3O. The number of piperidine rings is 1. The smallest absolute Gasteiger partial charge is 0.221 e. The van der Waals surface area contributed by atoms with Gasteiger partial charge in [-0.25, -0.2) is 0 Å². The summed E-state index contributed by atoms with van der Waals surface area (Å²) in [6, 6.07) is 19.6. The second-order valence-electron chi connectivity index (χ2n) is 7.98. The second-order valence-corrected chi connectivity index (χ2v) is 7.98. The van der Waals surface area contributed by atoms with Gasteiger partial charge in [0.05, 0.1) is 0 Å². The maximum absolute atomic E-state index is 11.1. The Balaban J connectivity index is 1.44. The van der Waals surface area contributed by atoms with E-state index in [0.29, 0.717) is 6.04 Å². The van der Waals surface area contributed by atoms with Crippen LogP contribution in [0.2, 0.25) is 0 Å². The molecule has 3 rings (SSSR count). The number of hydrogen-bond donors (Lipinski definition) is 1. The van der Waals surface area contributed by atoms with Crippen molar-refractivity contribution in [3.05, 3.63) is 65.7 Å². The summed E-state index contributed by atoms with van der Waals surface area (Å²) in [5, 5.41) is 2.83. The van der Waals surface area contributed by atoms with E-state index in [2.05, 4.69) is 64.6 Å². The molecule has 0 radical (unpaired) electrons. The van der Waals surface area contributed by atoms with E-state index in [-0.39, 0.29) is 5.91 Å². The first-order valence-electron chi connectivity index (χ1n) is 10.4. The van der Waals surface area contributed by atoms with Gasteiger partial charge in [-0.05, 0) is 69.1 Å². The fraction of sp³-hybridized carbons (Fsp3) is 0.458. The molecule has 1 aliphatic heterocycles. The lowest BCUT2D eigenvalue weighted by molar-refractivity contribution is -0.114. The average molecular weight is 380 g/mol. The van der Waals surface area contributed by atoms with E-state index in [9.17, 15) is 4.79 Å². The lowest BCUT2D eigenvalue weighted by atomic mass is 10.0. The summed E-state index contributed by atoms with van der Waals surface area (Å²) < 4.78 is 0. The molecule has 1 saturated heterocycles. The van der Waals surface area contributed by atoms with Crippen molar-refractivity contribution in [2.75, 3.05) is 32.0 Å². The minimum absolute atomic E-state index is 0.0283. The highest BCUT2D eigenvalue weighted by molar-refractivity contribution is 5.88. The molecule has 1 aliphatic rings. The Hall–Kier alpha value is -2.17. The molecule has 1 N–H and O–H groups in total. The molecule has 1 atom stereocenters. The fourth-order valence-corrected chi connectivity index (χ4v) is 4.06. The summed E-state index contributed by atoms with van der Waals surface area (Å²) in [5.74, 6) is -0.0283. The number of amides is 1. The van der Waals surface area contributed by atoms with Gasteiger partial charge < -0.3 is 10.2 Å². The third-order valence-corrected chi connectivity index (χ3v) is 5.59. The summed E-state index contributed by atoms with van der Waals surface area (Å²) in [4.78, 5) is 16.3. The summed E-state index contributed by atoms with van der Waals surface area (Å²) in [6.07, 6.45) is 4.95. The molecule has 1 unspecified atom stereocenters. The fourth-order valence-electron chi connectivity index (χ4n) is 4.06. The SMILES string of the molecule is CC(=O)Nc1ccc(CN(C)C2CCCN(CCCc3ccccc3)C2)cc1. The van der Waals surface area contributed by atoms with Gasteiger partial charge in [-0.2, -0.15) is 0 Å². The summed E-state index contributed by atoms with van der Waals surface area (Å²) >= 11 is 0. The Labute approximate surface area is 169 Å². The molecule has 0 spiro atoms. The number of benzene rings is 2. The first-order chi connectivity index (χ1) is 13.6. The molecule has 0 aliphatic carbocycles. The molecule has 0 aromatic heterocycles. The van der Waals surface area contributed by atoms with E-state index in [1.165, 1.54) is 56.8 Å². The number of nitrogens with zero attached hydrogens (tertiary/aromatic N) is 2. The Morgan fingerprint density at radius 3 is 2.57 bits per heavy atom. The van der Waals surface area contributed by atoms with Crippen molar-refractivity contribution < 1.29 is 4.79 Å². The Kier molecular flexibility index (Phi) is 7.63. The number of hydrogen-bond acceptors (Lipinski definition) is 3. The summed E-state index contributed by atoms with van der Waals surface area (Å²) in [6.45, 7) is 6.06. The average Bonchev–Trinajstić information content (AvgIpc) is 2.70. The second kappa shape index (κ2) is 10.4. The molecule has 1 heterocycles. The topological polar surface area (TPSA) is 35.6 Å². The Morgan fingerprint density at radius 2 is 1.86 bits per heavy atom. The van der Waals surface area contributed by atoms with Crippen LogP contribution in [0.25, 0.3) is 0 Å². The maximum Gasteiger partial charge on any atom is 0.221 e. The third-order valence-electron chi connectivity index (χ3n) is 5.59. The zero-order valence-electron chi connectivity index (χ0n) is 17.2. The van der Waals surface area contributed by atoms with Crippen LogP contribution >= 0.6 is 0 Å². The zero-order valence-corrected chi connectivity index (χ0v) is 17.2. The number of likely N-dealkylation sites (tertiary alicyclic amines) is 1. The number of nitrogens with one attached hydrogen (secondary N) is 1. The number of likely N-dealkylation sites (N-methyl/N-ethyl adjacent to an activating group) is 1. The Morgan fingerprint density at radius 1 is 1.11 bits per heavy atom. The number of aryl methyl sites for hydroxylation is 1. The van der Waals surface area contributed by atoms with Crippen LogP contribution in [0.15, 0.2) is 54.6 Å². The van der Waals surface area contributed by atoms with Crippen molar-refractivity contribution in [1.29, 1.82) is 0 Å². The van der Waals surface area contributed by atoms with Crippen molar-refractivity contribution in [3.63, 3.8) is 0 Å². The van der Waals surface area contributed by atoms with Crippen LogP contribution in [0.1, 0.15) is 37.3 Å². The summed E-state index contributed by atoms with van der Waals surface area (Å²) in [5.41, 5.74) is 3.59. The third kappa shape index (κ3) is 6.47. The molecule has 4 heteroatoms. The molecule has 0 bridgehead atoms. The van der Waals surface area contributed by atoms with Crippen LogP contribution in [0.5, 0.6) is 0 Å². The predicted octanol–water partition coefficient (Wildman–Crippen LogP) is 4.17. The van der Waals surface area contributed by atoms with Gasteiger partial charge in [0.25, 0.3) is 0 Å². The molecule has 150 valence electrons. The molecule has 4 nitrogen and oxygen atoms in total. The minimum Gasteiger partial charge on any atom is -0.326 e. The number of carbonyl (C=O) groups is 1. The largest absolute Gasteiger partial charge is 0.326 e. The highest BCUT2D eigenvalue weighted by atomic mass is 16.1. The lowest BCUT2D eigenvalue weighted by Gasteiger charge is -2.37. The predicted molar refractivity (Wildman–Crippen MR) is 116 cm³/mol. The van der Waals surface area contributed by atoms with Crippen molar-refractivity contribution in [3.8, 4) is 0 Å². The van der Waals surface area contributed by atoms with Gasteiger partial charge in [0.1, 0.15) is 0 Å². The molecule has 1 fully saturated rings. The highest BCUT2D eigenvalue weighted by Gasteiger charge is 2.22. The van der Waals surface area contributed by atoms with Crippen LogP contribution in [0, 0.1) is 0 Å². The normalized spacial score (nSPS) is 17.6. The molecule has 0 saturated carbocycles. The minimum atomic E-state index is -0.0283. The zero-order chi connectivity index (χ0) is 19.8. The van der Waals surface area contributed by atoms with Gasteiger partial charge in [0, 0.05) is 31.7 Å². The number of anilines is 1. The molecule has 28 heavy (non-hydrogen) atoms. The van der Waals surface area contributed by atoms with E-state index in [1.807, 2.05) is 12.1 Å². The monoisotopic (exact) mass is 379 g/mol. The van der Waals surface area contributed by atoms with Gasteiger partial charge in [-0.15, -0.1) is 0 Å². The van der Waals surface area contributed by atoms with Crippen molar-refractivity contribution in [1.82, 2.24) is 9.80 Å². The quantitative estimate of drug-likeness (QED) is 0.748. The molecule has 1 amide bonds. The number of carbonyl (C=O) groups excluding carboxylic acids is 1. The van der Waals surface area contributed by atoms with Crippen LogP contribution in [-0.4, -0.2) is 48.4 Å². The standard InChI is InChI=1S/C24H33N3O/c1-20(28)25-23-14-12-22(13-15-23)18-26(2)24-11-7-17-27(19-24)16-6-10-21-8-4-3-5-9-21/h3-5,8-9,12-15,24H,6-7,10-11,16-19H2,1-2H3,(H,25,28). The molecular weight excluding hydrogens is 346 g/mol. The van der Waals surface area contributed by atoms with Gasteiger partial charge >= 0.3 is 0 Å². The van der Waals surface area contributed by atoms with Crippen molar-refractivity contribution in [2.45, 2.75) is 45.2 Å². The number of rotatable bonds is 8. The van der Waals surface area contributed by atoms with E-state index in [0.717, 1.165) is 18.8 Å². The van der Waals surface area contributed by atoms with Gasteiger partial charge in [0.2, 0.25) is 5.91 Å². The van der Waals surface area contributed by atoms with Crippen LogP contribution in [0.3, 0.4) is 0 Å². The van der Waals surface area contributed by atoms with E-state index < -0.39 is 0 Å². The van der Waals surface area contributed by atoms with Crippen LogP contribution < -0.4 is 5.32 Å².